The van der Waals surface area contributed by atoms with E-state index in [0.29, 0.717) is 17.7 Å². The Bertz CT molecular complexity index is 1090. The van der Waals surface area contributed by atoms with E-state index in [-0.39, 0.29) is 46.5 Å². The first-order valence-corrected chi connectivity index (χ1v) is 9.38. The number of aliphatic hydroxyl groups is 2. The van der Waals surface area contributed by atoms with E-state index in [4.69, 9.17) is 19.0 Å². The van der Waals surface area contributed by atoms with Crippen LogP contribution in [0.3, 0.4) is 0 Å². The van der Waals surface area contributed by atoms with Gasteiger partial charge in [0.1, 0.15) is 46.7 Å². The summed E-state index contributed by atoms with van der Waals surface area (Å²) >= 11 is 0. The SMILES string of the molecule is COCC(C)c1ccc(-c2cc(=O)c3c(O)cc(OC[C@H](O)CO)cc3o2)cc1O. The molecule has 160 valence electrons. The van der Waals surface area contributed by atoms with Crippen LogP contribution in [0.4, 0.5) is 0 Å². The molecule has 0 saturated heterocycles. The van der Waals surface area contributed by atoms with Crippen molar-refractivity contribution in [1.29, 1.82) is 0 Å². The van der Waals surface area contributed by atoms with Gasteiger partial charge in [0.05, 0.1) is 13.2 Å². The van der Waals surface area contributed by atoms with Gasteiger partial charge in [-0.15, -0.1) is 0 Å². The standard InChI is InChI=1S/C22H24O8/c1-12(10-28-2)16-4-3-13(5-17(16)25)20-8-19(27)22-18(26)6-15(7-21(22)30-20)29-11-14(24)9-23/h3-8,12,14,23-26H,9-11H2,1-2H3/t12?,14-/m1/s1. The van der Waals surface area contributed by atoms with E-state index >= 15 is 0 Å². The second-order valence-electron chi connectivity index (χ2n) is 7.07. The van der Waals surface area contributed by atoms with Crippen LogP contribution in [0, 0.1) is 0 Å². The maximum Gasteiger partial charge on any atom is 0.197 e. The van der Waals surface area contributed by atoms with Crippen LogP contribution in [0.25, 0.3) is 22.3 Å². The van der Waals surface area contributed by atoms with Gasteiger partial charge in [-0.2, -0.15) is 0 Å². The average molecular weight is 416 g/mol. The number of ether oxygens (including phenoxy) is 2. The minimum atomic E-state index is -1.08. The third-order valence-corrected chi connectivity index (χ3v) is 4.70. The Kier molecular flexibility index (Phi) is 6.61. The summed E-state index contributed by atoms with van der Waals surface area (Å²) in [5.41, 5.74) is 0.824. The highest BCUT2D eigenvalue weighted by molar-refractivity contribution is 5.86. The van der Waals surface area contributed by atoms with E-state index < -0.39 is 18.1 Å². The molecular formula is C22H24O8. The summed E-state index contributed by atoms with van der Waals surface area (Å²) in [7, 11) is 1.59. The molecular weight excluding hydrogens is 392 g/mol. The predicted molar refractivity (Wildman–Crippen MR) is 110 cm³/mol. The molecule has 1 heterocycles. The Balaban J connectivity index is 2.01. The third-order valence-electron chi connectivity index (χ3n) is 4.70. The van der Waals surface area contributed by atoms with Gasteiger partial charge >= 0.3 is 0 Å². The quantitative estimate of drug-likeness (QED) is 0.440. The molecule has 0 radical (unpaired) electrons. The van der Waals surface area contributed by atoms with Gasteiger partial charge in [0.15, 0.2) is 5.43 Å². The lowest BCUT2D eigenvalue weighted by atomic mass is 9.98. The number of phenols is 2. The fourth-order valence-corrected chi connectivity index (χ4v) is 3.17. The van der Waals surface area contributed by atoms with Crippen LogP contribution in [0.2, 0.25) is 0 Å². The average Bonchev–Trinajstić information content (AvgIpc) is 2.71. The Labute approximate surface area is 172 Å². The van der Waals surface area contributed by atoms with Crippen molar-refractivity contribution < 1.29 is 34.3 Å². The molecule has 4 N–H and O–H groups in total. The molecule has 3 rings (SSSR count). The van der Waals surface area contributed by atoms with Crippen LogP contribution in [-0.2, 0) is 4.74 Å². The second-order valence-corrected chi connectivity index (χ2v) is 7.07. The van der Waals surface area contributed by atoms with Crippen molar-refractivity contribution in [2.24, 2.45) is 0 Å². The van der Waals surface area contributed by atoms with Crippen molar-refractivity contribution >= 4 is 11.0 Å². The summed E-state index contributed by atoms with van der Waals surface area (Å²) in [6.45, 7) is 1.71. The zero-order valence-corrected chi connectivity index (χ0v) is 16.7. The molecule has 8 nitrogen and oxygen atoms in total. The number of aliphatic hydroxyl groups excluding tert-OH is 2. The number of fused-ring (bicyclic) bond motifs is 1. The summed E-state index contributed by atoms with van der Waals surface area (Å²) in [5.74, 6) is 0.0873. The number of benzene rings is 2. The fraction of sp³-hybridized carbons (Fsp3) is 0.318. The van der Waals surface area contributed by atoms with Gasteiger partial charge in [-0.25, -0.2) is 0 Å². The third kappa shape index (κ3) is 4.56. The number of aromatic hydroxyl groups is 2. The molecule has 0 bridgehead atoms. The van der Waals surface area contributed by atoms with Crippen LogP contribution < -0.4 is 10.2 Å². The van der Waals surface area contributed by atoms with E-state index in [2.05, 4.69) is 0 Å². The van der Waals surface area contributed by atoms with Crippen molar-refractivity contribution in [3.63, 3.8) is 0 Å². The number of phenolic OH excluding ortho intramolecular Hbond substituents is 2. The van der Waals surface area contributed by atoms with Gasteiger partial charge in [-0.05, 0) is 11.6 Å². The Morgan fingerprint density at radius 3 is 2.50 bits per heavy atom. The molecule has 2 atom stereocenters. The van der Waals surface area contributed by atoms with Gasteiger partial charge < -0.3 is 34.3 Å². The topological polar surface area (TPSA) is 130 Å². The van der Waals surface area contributed by atoms with Gasteiger partial charge in [0.2, 0.25) is 0 Å². The van der Waals surface area contributed by atoms with E-state index in [1.54, 1.807) is 19.2 Å². The first-order valence-electron chi connectivity index (χ1n) is 9.38. The summed E-state index contributed by atoms with van der Waals surface area (Å²) in [4.78, 5) is 12.5. The van der Waals surface area contributed by atoms with Crippen molar-refractivity contribution in [2.75, 3.05) is 26.9 Å². The number of rotatable bonds is 8. The molecule has 3 aromatic rings. The summed E-state index contributed by atoms with van der Waals surface area (Å²) in [6, 6.07) is 8.86. The lowest BCUT2D eigenvalue weighted by Gasteiger charge is -2.14. The number of hydrogen-bond donors (Lipinski definition) is 4. The number of hydrogen-bond acceptors (Lipinski definition) is 8. The first-order chi connectivity index (χ1) is 14.3. The van der Waals surface area contributed by atoms with E-state index in [0.717, 1.165) is 0 Å². The molecule has 0 aliphatic heterocycles. The summed E-state index contributed by atoms with van der Waals surface area (Å²) in [5, 5.41) is 38.9. The van der Waals surface area contributed by atoms with Crippen LogP contribution in [0.5, 0.6) is 17.2 Å². The molecule has 0 saturated carbocycles. The zero-order valence-electron chi connectivity index (χ0n) is 16.7. The van der Waals surface area contributed by atoms with Gasteiger partial charge in [-0.3, -0.25) is 4.79 Å². The Morgan fingerprint density at radius 1 is 1.07 bits per heavy atom. The van der Waals surface area contributed by atoms with Crippen molar-refractivity contribution in [3.05, 3.63) is 52.2 Å². The minimum absolute atomic E-state index is 0.0108. The molecule has 30 heavy (non-hydrogen) atoms. The molecule has 0 aliphatic carbocycles. The normalized spacial score (nSPS) is 13.3. The smallest absolute Gasteiger partial charge is 0.197 e. The van der Waals surface area contributed by atoms with Crippen LogP contribution >= 0.6 is 0 Å². The van der Waals surface area contributed by atoms with Gasteiger partial charge in [0.25, 0.3) is 0 Å². The highest BCUT2D eigenvalue weighted by atomic mass is 16.5. The molecule has 0 fully saturated rings. The summed E-state index contributed by atoms with van der Waals surface area (Å²) < 4.78 is 16.3. The minimum Gasteiger partial charge on any atom is -0.508 e. The maximum absolute atomic E-state index is 12.5. The number of methoxy groups -OCH3 is 1. The molecule has 0 amide bonds. The highest BCUT2D eigenvalue weighted by Gasteiger charge is 2.16. The lowest BCUT2D eigenvalue weighted by molar-refractivity contribution is 0.0535. The maximum atomic E-state index is 12.5. The Morgan fingerprint density at radius 2 is 1.83 bits per heavy atom. The monoisotopic (exact) mass is 416 g/mol. The predicted octanol–water partition coefficient (Wildman–Crippen LogP) is 2.35. The summed E-state index contributed by atoms with van der Waals surface area (Å²) in [6.07, 6.45) is -1.08. The van der Waals surface area contributed by atoms with E-state index in [1.165, 1.54) is 24.3 Å². The Hall–Kier alpha value is -3.07. The van der Waals surface area contributed by atoms with Crippen molar-refractivity contribution in [2.45, 2.75) is 18.9 Å². The van der Waals surface area contributed by atoms with Crippen LogP contribution in [-0.4, -0.2) is 53.5 Å². The molecule has 0 spiro atoms. The van der Waals surface area contributed by atoms with Crippen molar-refractivity contribution in [1.82, 2.24) is 0 Å². The first kappa shape index (κ1) is 21.6. The van der Waals surface area contributed by atoms with Crippen LogP contribution in [0.1, 0.15) is 18.4 Å². The lowest BCUT2D eigenvalue weighted by Crippen LogP contribution is -2.21. The molecule has 1 aromatic heterocycles. The second kappa shape index (κ2) is 9.17. The zero-order chi connectivity index (χ0) is 21.8. The molecule has 0 aliphatic rings. The van der Waals surface area contributed by atoms with Crippen molar-refractivity contribution in [3.8, 4) is 28.6 Å². The molecule has 1 unspecified atom stereocenters. The largest absolute Gasteiger partial charge is 0.508 e. The molecule has 8 heteroatoms. The van der Waals surface area contributed by atoms with E-state index in [9.17, 15) is 20.1 Å². The van der Waals surface area contributed by atoms with E-state index in [1.807, 2.05) is 6.92 Å². The van der Waals surface area contributed by atoms with Gasteiger partial charge in [0, 0.05) is 36.8 Å². The van der Waals surface area contributed by atoms with Crippen LogP contribution in [0.15, 0.2) is 45.6 Å². The fourth-order valence-electron chi connectivity index (χ4n) is 3.17. The van der Waals surface area contributed by atoms with Gasteiger partial charge in [-0.1, -0.05) is 19.1 Å². The molecule has 2 aromatic carbocycles. The highest BCUT2D eigenvalue weighted by Crippen LogP contribution is 2.34.